The molecule has 0 spiro atoms. The van der Waals surface area contributed by atoms with Crippen molar-refractivity contribution in [3.05, 3.63) is 58.9 Å². The number of rotatable bonds is 7. The van der Waals surface area contributed by atoms with E-state index in [-0.39, 0.29) is 16.3 Å². The van der Waals surface area contributed by atoms with Crippen LogP contribution in [0.5, 0.6) is 0 Å². The number of anilines is 2. The number of amides is 3. The van der Waals surface area contributed by atoms with Crippen LogP contribution in [0.3, 0.4) is 0 Å². The van der Waals surface area contributed by atoms with Gasteiger partial charge in [-0.3, -0.25) is 20.4 Å². The minimum atomic E-state index is -0.892. The average Bonchev–Trinajstić information content (AvgIpc) is 2.70. The number of nitrogens with one attached hydrogen (secondary N) is 4. The number of halogens is 2. The lowest BCUT2D eigenvalue weighted by molar-refractivity contribution is -0.118. The molecular formula is C22H26ClFN4O4. The van der Waals surface area contributed by atoms with Gasteiger partial charge in [0.05, 0.1) is 22.0 Å². The zero-order valence-corrected chi connectivity index (χ0v) is 19.0. The highest BCUT2D eigenvalue weighted by Gasteiger charge is 2.25. The van der Waals surface area contributed by atoms with Crippen LogP contribution in [0.25, 0.3) is 0 Å². The third-order valence-electron chi connectivity index (χ3n) is 4.08. The second-order valence-electron chi connectivity index (χ2n) is 7.84. The number of benzene rings is 2. The molecule has 0 aliphatic carbocycles. The lowest BCUT2D eigenvalue weighted by atomic mass is 10.1. The summed E-state index contributed by atoms with van der Waals surface area (Å²) in [6.45, 7) is 6.86. The first-order chi connectivity index (χ1) is 15.0. The second-order valence-corrected chi connectivity index (χ2v) is 8.25. The van der Waals surface area contributed by atoms with E-state index in [2.05, 4.69) is 21.5 Å². The van der Waals surface area contributed by atoms with Gasteiger partial charge in [0.15, 0.2) is 0 Å². The Labute approximate surface area is 190 Å². The molecule has 0 bridgehead atoms. The predicted octanol–water partition coefficient (Wildman–Crippen LogP) is 4.48. The predicted molar refractivity (Wildman–Crippen MR) is 121 cm³/mol. The van der Waals surface area contributed by atoms with Crippen molar-refractivity contribution in [1.29, 1.82) is 0 Å². The minimum Gasteiger partial charge on any atom is -0.444 e. The van der Waals surface area contributed by atoms with Crippen molar-refractivity contribution >= 4 is 40.9 Å². The summed E-state index contributed by atoms with van der Waals surface area (Å²) in [5.74, 6) is -1.58. The first-order valence-corrected chi connectivity index (χ1v) is 10.3. The van der Waals surface area contributed by atoms with Gasteiger partial charge in [-0.1, -0.05) is 24.6 Å². The molecule has 2 aromatic carbocycles. The first-order valence-electron chi connectivity index (χ1n) is 9.91. The van der Waals surface area contributed by atoms with E-state index in [0.717, 1.165) is 0 Å². The van der Waals surface area contributed by atoms with Crippen LogP contribution in [0, 0.1) is 5.82 Å². The molecule has 0 heterocycles. The monoisotopic (exact) mass is 464 g/mol. The summed E-state index contributed by atoms with van der Waals surface area (Å²) in [5, 5.41) is 5.24. The molecule has 2 aromatic rings. The number of ether oxygens (including phenoxy) is 1. The Morgan fingerprint density at radius 3 is 2.34 bits per heavy atom. The molecule has 0 aliphatic heterocycles. The second kappa shape index (κ2) is 10.8. The molecule has 172 valence electrons. The summed E-state index contributed by atoms with van der Waals surface area (Å²) in [4.78, 5) is 37.5. The van der Waals surface area contributed by atoms with Gasteiger partial charge in [-0.25, -0.2) is 9.18 Å². The van der Waals surface area contributed by atoms with E-state index in [1.807, 2.05) is 0 Å². The number of hydrogen-bond donors (Lipinski definition) is 4. The van der Waals surface area contributed by atoms with Crippen LogP contribution in [0.2, 0.25) is 5.02 Å². The third kappa shape index (κ3) is 7.42. The van der Waals surface area contributed by atoms with E-state index in [4.69, 9.17) is 16.3 Å². The van der Waals surface area contributed by atoms with E-state index in [0.29, 0.717) is 12.1 Å². The number of carbonyl (C=O) groups excluding carboxylic acids is 3. The van der Waals surface area contributed by atoms with Crippen molar-refractivity contribution in [2.24, 2.45) is 0 Å². The maximum Gasteiger partial charge on any atom is 0.408 e. The molecule has 0 aromatic heterocycles. The maximum absolute atomic E-state index is 13.0. The largest absolute Gasteiger partial charge is 0.444 e. The van der Waals surface area contributed by atoms with E-state index >= 15 is 0 Å². The fraction of sp³-hybridized carbons (Fsp3) is 0.318. The van der Waals surface area contributed by atoms with E-state index in [1.165, 1.54) is 36.4 Å². The molecule has 4 N–H and O–H groups in total. The summed E-state index contributed by atoms with van der Waals surface area (Å²) in [6, 6.07) is 9.05. The molecule has 0 unspecified atom stereocenters. The Kier molecular flexibility index (Phi) is 8.42. The van der Waals surface area contributed by atoms with Crippen molar-refractivity contribution in [2.75, 3.05) is 10.7 Å². The van der Waals surface area contributed by atoms with Crippen LogP contribution in [-0.2, 0) is 9.53 Å². The standard InChI is InChI=1S/C22H26ClFN4O4/c1-5-16(26-21(31)32-22(2,3)4)19(29)25-17-8-6-7-15(23)18(17)20(30)28-27-14-11-9-13(24)10-12-14/h6-12,16,27H,5H2,1-4H3,(H,25,29)(H,26,31)(H,28,30)/t16-/m0/s1. The van der Waals surface area contributed by atoms with Gasteiger partial charge < -0.3 is 15.4 Å². The van der Waals surface area contributed by atoms with Crippen LogP contribution in [0.4, 0.5) is 20.6 Å². The van der Waals surface area contributed by atoms with Gasteiger partial charge in [0, 0.05) is 0 Å². The average molecular weight is 465 g/mol. The molecule has 0 fully saturated rings. The van der Waals surface area contributed by atoms with Crippen LogP contribution in [0.1, 0.15) is 44.5 Å². The van der Waals surface area contributed by atoms with Crippen LogP contribution >= 0.6 is 11.6 Å². The number of alkyl carbamates (subject to hydrolysis) is 1. The summed E-state index contributed by atoms with van der Waals surface area (Å²) in [5.41, 5.74) is 5.01. The molecule has 3 amide bonds. The molecule has 1 atom stereocenters. The summed E-state index contributed by atoms with van der Waals surface area (Å²) in [7, 11) is 0. The van der Waals surface area contributed by atoms with E-state index < -0.39 is 35.4 Å². The minimum absolute atomic E-state index is 0.0178. The van der Waals surface area contributed by atoms with Gasteiger partial charge in [-0.15, -0.1) is 0 Å². The Bertz CT molecular complexity index is 977. The molecule has 32 heavy (non-hydrogen) atoms. The van der Waals surface area contributed by atoms with Crippen LogP contribution < -0.4 is 21.5 Å². The topological polar surface area (TPSA) is 109 Å². The summed E-state index contributed by atoms with van der Waals surface area (Å²) in [6.07, 6.45) is -0.439. The fourth-order valence-electron chi connectivity index (χ4n) is 2.61. The maximum atomic E-state index is 13.0. The fourth-order valence-corrected chi connectivity index (χ4v) is 2.87. The zero-order chi connectivity index (χ0) is 23.9. The number of carbonyl (C=O) groups is 3. The van der Waals surface area contributed by atoms with Crippen LogP contribution in [-0.4, -0.2) is 29.6 Å². The lowest BCUT2D eigenvalue weighted by Gasteiger charge is -2.23. The zero-order valence-electron chi connectivity index (χ0n) is 18.2. The van der Waals surface area contributed by atoms with Crippen molar-refractivity contribution in [1.82, 2.24) is 10.7 Å². The van der Waals surface area contributed by atoms with Gasteiger partial charge in [0.1, 0.15) is 17.5 Å². The molecule has 2 rings (SSSR count). The van der Waals surface area contributed by atoms with Crippen molar-refractivity contribution in [2.45, 2.75) is 45.8 Å². The van der Waals surface area contributed by atoms with Gasteiger partial charge in [0.25, 0.3) is 5.91 Å². The van der Waals surface area contributed by atoms with Crippen molar-refractivity contribution < 1.29 is 23.5 Å². The van der Waals surface area contributed by atoms with Crippen molar-refractivity contribution in [3.63, 3.8) is 0 Å². The first kappa shape index (κ1) is 24.9. The Morgan fingerprint density at radius 1 is 1.09 bits per heavy atom. The summed E-state index contributed by atoms with van der Waals surface area (Å²) < 4.78 is 18.2. The molecule has 0 aliphatic rings. The number of hydrazine groups is 1. The highest BCUT2D eigenvalue weighted by atomic mass is 35.5. The highest BCUT2D eigenvalue weighted by molar-refractivity contribution is 6.34. The molecule has 0 radical (unpaired) electrons. The molecule has 8 nitrogen and oxygen atoms in total. The van der Waals surface area contributed by atoms with Crippen LogP contribution in [0.15, 0.2) is 42.5 Å². The summed E-state index contributed by atoms with van der Waals surface area (Å²) >= 11 is 6.20. The van der Waals surface area contributed by atoms with E-state index in [9.17, 15) is 18.8 Å². The van der Waals surface area contributed by atoms with Gasteiger partial charge in [-0.2, -0.15) is 0 Å². The molecule has 10 heteroatoms. The SMILES string of the molecule is CC[C@H](NC(=O)OC(C)(C)C)C(=O)Nc1cccc(Cl)c1C(=O)NNc1ccc(F)cc1. The van der Waals surface area contributed by atoms with Gasteiger partial charge in [-0.05, 0) is 63.6 Å². The van der Waals surface area contributed by atoms with E-state index in [1.54, 1.807) is 33.8 Å². The van der Waals surface area contributed by atoms with Gasteiger partial charge in [0.2, 0.25) is 5.91 Å². The Balaban J connectivity index is 2.11. The smallest absolute Gasteiger partial charge is 0.408 e. The Morgan fingerprint density at radius 2 is 1.75 bits per heavy atom. The quantitative estimate of drug-likeness (QED) is 0.452. The van der Waals surface area contributed by atoms with Gasteiger partial charge >= 0.3 is 6.09 Å². The third-order valence-corrected chi connectivity index (χ3v) is 4.39. The molecule has 0 saturated heterocycles. The molecular weight excluding hydrogens is 439 g/mol. The molecule has 0 saturated carbocycles. The van der Waals surface area contributed by atoms with Crippen molar-refractivity contribution in [3.8, 4) is 0 Å². The lowest BCUT2D eigenvalue weighted by Crippen LogP contribution is -2.45. The highest BCUT2D eigenvalue weighted by Crippen LogP contribution is 2.25. The number of hydrogen-bond acceptors (Lipinski definition) is 5. The Hall–Kier alpha value is -3.33. The normalized spacial score (nSPS) is 11.8.